The second-order valence-corrected chi connectivity index (χ2v) is 5.26. The van der Waals surface area contributed by atoms with E-state index in [1.807, 2.05) is 12.1 Å². The predicted octanol–water partition coefficient (Wildman–Crippen LogP) is 2.44. The van der Waals surface area contributed by atoms with E-state index in [1.165, 1.54) is 37.6 Å². The summed E-state index contributed by atoms with van der Waals surface area (Å²) in [6.07, 6.45) is 6.56. The van der Waals surface area contributed by atoms with Crippen LogP contribution in [0.3, 0.4) is 0 Å². The van der Waals surface area contributed by atoms with Crippen LogP contribution >= 0.6 is 0 Å². The molecule has 1 aromatic heterocycles. The molecule has 3 rings (SSSR count). The Labute approximate surface area is 123 Å². The molecule has 1 aliphatic heterocycles. The predicted molar refractivity (Wildman–Crippen MR) is 81.5 cm³/mol. The molecule has 0 unspecified atom stereocenters. The van der Waals surface area contributed by atoms with Crippen molar-refractivity contribution in [1.82, 2.24) is 15.4 Å². The van der Waals surface area contributed by atoms with E-state index in [4.69, 9.17) is 0 Å². The summed E-state index contributed by atoms with van der Waals surface area (Å²) >= 11 is 0. The number of H-pyrrole nitrogens is 1. The van der Waals surface area contributed by atoms with Gasteiger partial charge >= 0.3 is 0 Å². The number of amides is 1. The minimum atomic E-state index is -0.258. The molecule has 1 fully saturated rings. The molecule has 0 atom stereocenters. The molecule has 0 radical (unpaired) electrons. The van der Waals surface area contributed by atoms with E-state index >= 15 is 0 Å². The largest absolute Gasteiger partial charge is 0.372 e. The van der Waals surface area contributed by atoms with Crippen LogP contribution in [0.2, 0.25) is 0 Å². The van der Waals surface area contributed by atoms with Crippen LogP contribution < -0.4 is 10.2 Å². The number of aromatic amines is 1. The molecule has 0 spiro atoms. The summed E-state index contributed by atoms with van der Waals surface area (Å²) in [5, 5.41) is 12.6. The molecular formula is C15H19N5O. The van der Waals surface area contributed by atoms with Gasteiger partial charge < -0.3 is 10.2 Å². The van der Waals surface area contributed by atoms with Crippen LogP contribution in [-0.2, 0) is 0 Å². The van der Waals surface area contributed by atoms with Crippen molar-refractivity contribution in [2.75, 3.05) is 23.3 Å². The highest BCUT2D eigenvalue weighted by molar-refractivity contribution is 6.02. The van der Waals surface area contributed by atoms with Crippen LogP contribution in [0, 0.1) is 0 Å². The van der Waals surface area contributed by atoms with Gasteiger partial charge in [-0.3, -0.25) is 4.79 Å². The van der Waals surface area contributed by atoms with E-state index in [0.717, 1.165) is 18.8 Å². The Hall–Kier alpha value is -2.37. The fourth-order valence-electron chi connectivity index (χ4n) is 2.59. The summed E-state index contributed by atoms with van der Waals surface area (Å²) in [6.45, 7) is 2.23. The molecule has 1 saturated heterocycles. The van der Waals surface area contributed by atoms with Crippen LogP contribution in [0.5, 0.6) is 0 Å². The maximum Gasteiger partial charge on any atom is 0.277 e. The zero-order chi connectivity index (χ0) is 14.5. The minimum Gasteiger partial charge on any atom is -0.372 e. The van der Waals surface area contributed by atoms with Crippen LogP contribution in [0.25, 0.3) is 0 Å². The van der Waals surface area contributed by atoms with Crippen LogP contribution in [0.15, 0.2) is 30.5 Å². The van der Waals surface area contributed by atoms with Gasteiger partial charge in [0, 0.05) is 24.5 Å². The summed E-state index contributed by atoms with van der Waals surface area (Å²) in [6, 6.07) is 7.98. The lowest BCUT2D eigenvalue weighted by molar-refractivity contribution is 0.102. The van der Waals surface area contributed by atoms with Gasteiger partial charge in [0.25, 0.3) is 5.91 Å². The molecule has 1 amide bonds. The van der Waals surface area contributed by atoms with E-state index in [2.05, 4.69) is 37.8 Å². The molecule has 2 N–H and O–H groups in total. The normalized spacial score (nSPS) is 15.5. The minimum absolute atomic E-state index is 0.258. The molecule has 110 valence electrons. The molecule has 2 aromatic rings. The lowest BCUT2D eigenvalue weighted by Crippen LogP contribution is -2.23. The molecule has 21 heavy (non-hydrogen) atoms. The van der Waals surface area contributed by atoms with Gasteiger partial charge in [0.2, 0.25) is 0 Å². The summed E-state index contributed by atoms with van der Waals surface area (Å²) in [5.41, 5.74) is 2.27. The first-order chi connectivity index (χ1) is 10.3. The number of hydrogen-bond acceptors (Lipinski definition) is 4. The third-order valence-electron chi connectivity index (χ3n) is 3.74. The topological polar surface area (TPSA) is 73.9 Å². The average Bonchev–Trinajstić information content (AvgIpc) is 2.91. The second kappa shape index (κ2) is 6.39. The highest BCUT2D eigenvalue weighted by Gasteiger charge is 2.11. The molecule has 0 bridgehead atoms. The van der Waals surface area contributed by atoms with Crippen LogP contribution in [0.1, 0.15) is 36.2 Å². The maximum atomic E-state index is 11.9. The highest BCUT2D eigenvalue weighted by Crippen LogP contribution is 2.21. The summed E-state index contributed by atoms with van der Waals surface area (Å²) in [4.78, 5) is 14.3. The molecule has 1 aromatic carbocycles. The molecular weight excluding hydrogens is 266 g/mol. The molecule has 1 aliphatic rings. The van der Waals surface area contributed by atoms with Crippen LogP contribution in [0.4, 0.5) is 11.4 Å². The summed E-state index contributed by atoms with van der Waals surface area (Å²) in [5.74, 6) is -0.258. The Morgan fingerprint density at radius 1 is 1.10 bits per heavy atom. The third kappa shape index (κ3) is 3.39. The van der Waals surface area contributed by atoms with E-state index in [9.17, 15) is 4.79 Å². The lowest BCUT2D eigenvalue weighted by atomic mass is 10.2. The SMILES string of the molecule is O=C(Nc1ccc(N2CCCCCC2)cc1)c1cn[nH]n1. The fraction of sp³-hybridized carbons (Fsp3) is 0.400. The number of nitrogens with one attached hydrogen (secondary N) is 2. The van der Waals surface area contributed by atoms with E-state index in [-0.39, 0.29) is 11.6 Å². The van der Waals surface area contributed by atoms with Gasteiger partial charge in [0.15, 0.2) is 5.69 Å². The highest BCUT2D eigenvalue weighted by atomic mass is 16.2. The number of carbonyl (C=O) groups excluding carboxylic acids is 1. The third-order valence-corrected chi connectivity index (χ3v) is 3.74. The zero-order valence-corrected chi connectivity index (χ0v) is 11.9. The molecule has 6 nitrogen and oxygen atoms in total. The molecule has 6 heteroatoms. The van der Waals surface area contributed by atoms with Crippen molar-refractivity contribution in [1.29, 1.82) is 0 Å². The Morgan fingerprint density at radius 2 is 1.81 bits per heavy atom. The smallest absolute Gasteiger partial charge is 0.277 e. The Morgan fingerprint density at radius 3 is 2.43 bits per heavy atom. The first-order valence-electron chi connectivity index (χ1n) is 7.35. The van der Waals surface area contributed by atoms with Gasteiger partial charge in [-0.1, -0.05) is 12.8 Å². The van der Waals surface area contributed by atoms with Crippen molar-refractivity contribution < 1.29 is 4.79 Å². The van der Waals surface area contributed by atoms with Crippen molar-refractivity contribution in [3.63, 3.8) is 0 Å². The monoisotopic (exact) mass is 285 g/mol. The fourth-order valence-corrected chi connectivity index (χ4v) is 2.59. The molecule has 0 saturated carbocycles. The number of carbonyl (C=O) groups is 1. The molecule has 2 heterocycles. The van der Waals surface area contributed by atoms with Gasteiger partial charge in [-0.05, 0) is 37.1 Å². The van der Waals surface area contributed by atoms with Gasteiger partial charge in [-0.2, -0.15) is 15.4 Å². The first kappa shape index (κ1) is 13.6. The Bertz CT molecular complexity index is 571. The van der Waals surface area contributed by atoms with E-state index in [0.29, 0.717) is 0 Å². The number of rotatable bonds is 3. The maximum absolute atomic E-state index is 11.9. The number of nitrogens with zero attached hydrogens (tertiary/aromatic N) is 3. The second-order valence-electron chi connectivity index (χ2n) is 5.26. The number of benzene rings is 1. The first-order valence-corrected chi connectivity index (χ1v) is 7.35. The van der Waals surface area contributed by atoms with Crippen molar-refractivity contribution >= 4 is 17.3 Å². The number of hydrogen-bond donors (Lipinski definition) is 2. The van der Waals surface area contributed by atoms with E-state index < -0.39 is 0 Å². The Kier molecular flexibility index (Phi) is 4.14. The van der Waals surface area contributed by atoms with Gasteiger partial charge in [0.05, 0.1) is 6.20 Å². The van der Waals surface area contributed by atoms with Gasteiger partial charge in [-0.25, -0.2) is 0 Å². The Balaban J connectivity index is 1.65. The summed E-state index contributed by atoms with van der Waals surface area (Å²) < 4.78 is 0. The summed E-state index contributed by atoms with van der Waals surface area (Å²) in [7, 11) is 0. The van der Waals surface area contributed by atoms with Crippen molar-refractivity contribution in [2.45, 2.75) is 25.7 Å². The van der Waals surface area contributed by atoms with Gasteiger partial charge in [0.1, 0.15) is 0 Å². The number of aromatic nitrogens is 3. The van der Waals surface area contributed by atoms with Crippen LogP contribution in [-0.4, -0.2) is 34.4 Å². The van der Waals surface area contributed by atoms with E-state index in [1.54, 1.807) is 0 Å². The van der Waals surface area contributed by atoms with Crippen molar-refractivity contribution in [3.05, 3.63) is 36.2 Å². The van der Waals surface area contributed by atoms with Gasteiger partial charge in [-0.15, -0.1) is 0 Å². The quantitative estimate of drug-likeness (QED) is 0.908. The average molecular weight is 285 g/mol. The van der Waals surface area contributed by atoms with Crippen molar-refractivity contribution in [2.24, 2.45) is 0 Å². The standard InChI is InChI=1S/C15H19N5O/c21-15(14-11-16-19-18-14)17-12-5-7-13(8-6-12)20-9-3-1-2-4-10-20/h5-8,11H,1-4,9-10H2,(H,17,21)(H,16,18,19). The number of anilines is 2. The zero-order valence-electron chi connectivity index (χ0n) is 11.9. The molecule has 0 aliphatic carbocycles. The van der Waals surface area contributed by atoms with Crippen molar-refractivity contribution in [3.8, 4) is 0 Å². The lowest BCUT2D eigenvalue weighted by Gasteiger charge is -2.22.